The summed E-state index contributed by atoms with van der Waals surface area (Å²) in [6.07, 6.45) is 0. The molecule has 1 N–H and O–H groups in total. The standard InChI is InChI=1S/C35H21BN2OS/c1-18-16-24(19-10-6-11-22-29-21-9-3-5-15-28(21)40-35(29)37-31(19)22)30-26(17-18)38-32-23(12-7-13-25(32)36-30)34-33(38)20-8-2-4-14-27(20)39-34/h2-17,36-37H,1H3. The number of aromatic nitrogens is 2. The third kappa shape index (κ3) is 2.52. The van der Waals surface area contributed by atoms with Crippen LogP contribution in [-0.2, 0) is 0 Å². The summed E-state index contributed by atoms with van der Waals surface area (Å²) in [5.74, 6) is 0. The summed E-state index contributed by atoms with van der Waals surface area (Å²) in [4.78, 5) is 5.09. The fourth-order valence-electron chi connectivity index (χ4n) is 7.22. The van der Waals surface area contributed by atoms with Crippen LogP contribution in [0.25, 0.3) is 81.0 Å². The fraction of sp³-hybridized carbons (Fsp3) is 0.0286. The van der Waals surface area contributed by atoms with Crippen molar-refractivity contribution in [3.05, 3.63) is 103 Å². The van der Waals surface area contributed by atoms with Crippen LogP contribution in [0.2, 0.25) is 0 Å². The molecule has 5 heteroatoms. The second-order valence-corrected chi connectivity index (χ2v) is 12.1. The summed E-state index contributed by atoms with van der Waals surface area (Å²) in [6.45, 7) is 2.22. The van der Waals surface area contributed by atoms with Crippen molar-refractivity contribution in [2.75, 3.05) is 0 Å². The number of aromatic amines is 1. The lowest BCUT2D eigenvalue weighted by molar-refractivity contribution is 0.673. The van der Waals surface area contributed by atoms with Crippen LogP contribution < -0.4 is 10.9 Å². The molecule has 0 saturated carbocycles. The van der Waals surface area contributed by atoms with Crippen molar-refractivity contribution in [2.45, 2.75) is 6.92 Å². The third-order valence-corrected chi connectivity index (χ3v) is 9.90. The quantitative estimate of drug-likeness (QED) is 0.215. The van der Waals surface area contributed by atoms with Gasteiger partial charge >= 0.3 is 0 Å². The predicted octanol–water partition coefficient (Wildman–Crippen LogP) is 8.06. The van der Waals surface area contributed by atoms with Crippen molar-refractivity contribution in [1.82, 2.24) is 9.55 Å². The molecule has 0 bridgehead atoms. The number of nitrogens with zero attached hydrogens (tertiary/aromatic N) is 1. The van der Waals surface area contributed by atoms with Crippen LogP contribution in [0.4, 0.5) is 0 Å². The molecule has 0 fully saturated rings. The maximum atomic E-state index is 6.48. The van der Waals surface area contributed by atoms with E-state index in [2.05, 4.69) is 114 Å². The molecule has 0 saturated heterocycles. The van der Waals surface area contributed by atoms with Gasteiger partial charge in [-0.25, -0.2) is 0 Å². The van der Waals surface area contributed by atoms with E-state index >= 15 is 0 Å². The van der Waals surface area contributed by atoms with E-state index in [0.717, 1.165) is 23.8 Å². The van der Waals surface area contributed by atoms with Crippen molar-refractivity contribution in [3.8, 4) is 16.8 Å². The Bertz CT molecular complexity index is 2540. The summed E-state index contributed by atoms with van der Waals surface area (Å²) in [5, 5.41) is 6.31. The van der Waals surface area contributed by atoms with Gasteiger partial charge in [-0.1, -0.05) is 72.2 Å². The van der Waals surface area contributed by atoms with Crippen molar-refractivity contribution in [1.29, 1.82) is 0 Å². The Morgan fingerprint density at radius 3 is 2.50 bits per heavy atom. The molecule has 5 heterocycles. The van der Waals surface area contributed by atoms with Gasteiger partial charge in [-0.3, -0.25) is 0 Å². The largest absolute Gasteiger partial charge is 0.454 e. The first-order chi connectivity index (χ1) is 19.7. The van der Waals surface area contributed by atoms with Crippen molar-refractivity contribution in [3.63, 3.8) is 0 Å². The molecular weight excluding hydrogens is 507 g/mol. The number of furan rings is 1. The summed E-state index contributed by atoms with van der Waals surface area (Å²) >= 11 is 1.84. The molecule has 40 heavy (non-hydrogen) atoms. The smallest absolute Gasteiger partial charge is 0.198 e. The molecule has 0 radical (unpaired) electrons. The molecule has 10 rings (SSSR count). The molecule has 4 aromatic heterocycles. The summed E-state index contributed by atoms with van der Waals surface area (Å²) in [7, 11) is 0.890. The van der Waals surface area contributed by atoms with Crippen LogP contribution in [0.1, 0.15) is 5.56 Å². The highest BCUT2D eigenvalue weighted by Gasteiger charge is 2.29. The van der Waals surface area contributed by atoms with Gasteiger partial charge in [0.2, 0.25) is 0 Å². The number of fused-ring (bicyclic) bond motifs is 12. The van der Waals surface area contributed by atoms with E-state index in [1.54, 1.807) is 0 Å². The Labute approximate surface area is 233 Å². The van der Waals surface area contributed by atoms with Gasteiger partial charge < -0.3 is 14.0 Å². The molecule has 186 valence electrons. The van der Waals surface area contributed by atoms with Crippen LogP contribution >= 0.6 is 11.3 Å². The minimum absolute atomic E-state index is 0.890. The number of benzene rings is 5. The fourth-order valence-corrected chi connectivity index (χ4v) is 8.34. The number of hydrogen-bond donors (Lipinski definition) is 1. The summed E-state index contributed by atoms with van der Waals surface area (Å²) in [5.41, 5.74) is 13.4. The van der Waals surface area contributed by atoms with Gasteiger partial charge in [0.1, 0.15) is 15.9 Å². The van der Waals surface area contributed by atoms with Gasteiger partial charge in [-0.2, -0.15) is 0 Å². The normalized spacial score (nSPS) is 12.8. The van der Waals surface area contributed by atoms with E-state index in [1.807, 2.05) is 11.3 Å². The summed E-state index contributed by atoms with van der Waals surface area (Å²) < 4.78 is 10.3. The number of para-hydroxylation sites is 3. The molecule has 0 amide bonds. The van der Waals surface area contributed by atoms with Gasteiger partial charge in [-0.05, 0) is 53.8 Å². The minimum atomic E-state index is 0.890. The molecule has 3 nitrogen and oxygen atoms in total. The lowest BCUT2D eigenvalue weighted by Gasteiger charge is -2.24. The van der Waals surface area contributed by atoms with Crippen molar-refractivity contribution in [2.24, 2.45) is 0 Å². The average molecular weight is 528 g/mol. The zero-order valence-corrected chi connectivity index (χ0v) is 22.5. The van der Waals surface area contributed by atoms with Crippen molar-refractivity contribution >= 4 is 93.7 Å². The maximum Gasteiger partial charge on any atom is 0.198 e. The van der Waals surface area contributed by atoms with E-state index in [9.17, 15) is 0 Å². The Morgan fingerprint density at radius 1 is 0.750 bits per heavy atom. The van der Waals surface area contributed by atoms with E-state index in [1.165, 1.54) is 80.9 Å². The van der Waals surface area contributed by atoms with E-state index in [-0.39, 0.29) is 0 Å². The second-order valence-electron chi connectivity index (χ2n) is 11.1. The average Bonchev–Trinajstić information content (AvgIpc) is 3.71. The molecule has 1 aliphatic heterocycles. The molecule has 9 aromatic rings. The number of nitrogens with one attached hydrogen (secondary N) is 1. The number of rotatable bonds is 1. The van der Waals surface area contributed by atoms with E-state index in [0.29, 0.717) is 0 Å². The van der Waals surface area contributed by atoms with E-state index in [4.69, 9.17) is 4.42 Å². The molecule has 0 spiro atoms. The predicted molar refractivity (Wildman–Crippen MR) is 172 cm³/mol. The Balaban J connectivity index is 1.33. The Morgan fingerprint density at radius 2 is 1.55 bits per heavy atom. The van der Waals surface area contributed by atoms with Gasteiger partial charge in [-0.15, -0.1) is 11.3 Å². The first-order valence-corrected chi connectivity index (χ1v) is 14.6. The zero-order valence-electron chi connectivity index (χ0n) is 21.7. The lowest BCUT2D eigenvalue weighted by Crippen LogP contribution is -2.37. The number of aryl methyl sites for hydroxylation is 1. The molecular formula is C35H21BN2OS. The van der Waals surface area contributed by atoms with E-state index < -0.39 is 0 Å². The topological polar surface area (TPSA) is 33.9 Å². The van der Waals surface area contributed by atoms with Gasteiger partial charge in [0.25, 0.3) is 0 Å². The molecule has 1 aliphatic rings. The van der Waals surface area contributed by atoms with Gasteiger partial charge in [0.05, 0.1) is 11.0 Å². The molecule has 0 unspecified atom stereocenters. The Kier molecular flexibility index (Phi) is 3.84. The monoisotopic (exact) mass is 528 g/mol. The molecule has 5 aromatic carbocycles. The van der Waals surface area contributed by atoms with Crippen LogP contribution in [0.15, 0.2) is 101 Å². The van der Waals surface area contributed by atoms with Crippen LogP contribution in [0.3, 0.4) is 0 Å². The minimum Gasteiger partial charge on any atom is -0.454 e. The maximum absolute atomic E-state index is 6.48. The lowest BCUT2D eigenvalue weighted by atomic mass is 9.59. The third-order valence-electron chi connectivity index (χ3n) is 8.82. The van der Waals surface area contributed by atoms with Crippen LogP contribution in [0.5, 0.6) is 0 Å². The highest BCUT2D eigenvalue weighted by atomic mass is 32.1. The van der Waals surface area contributed by atoms with Crippen LogP contribution in [-0.4, -0.2) is 16.8 Å². The Hall–Kier alpha value is -4.74. The first-order valence-electron chi connectivity index (χ1n) is 13.7. The highest BCUT2D eigenvalue weighted by Crippen LogP contribution is 2.43. The van der Waals surface area contributed by atoms with Crippen LogP contribution in [0, 0.1) is 6.92 Å². The molecule has 0 atom stereocenters. The van der Waals surface area contributed by atoms with Gasteiger partial charge in [0.15, 0.2) is 12.9 Å². The number of hydrogen-bond acceptors (Lipinski definition) is 2. The number of H-pyrrole nitrogens is 1. The number of thiophene rings is 1. The highest BCUT2D eigenvalue weighted by molar-refractivity contribution is 7.25. The second kappa shape index (κ2) is 7.26. The van der Waals surface area contributed by atoms with Gasteiger partial charge in [0, 0.05) is 42.9 Å². The summed E-state index contributed by atoms with van der Waals surface area (Å²) in [6, 6.07) is 35.3. The molecule has 0 aliphatic carbocycles. The first kappa shape index (κ1) is 21.1. The zero-order chi connectivity index (χ0) is 26.1. The SMILES string of the molecule is Cc1cc(-c2cccc3c2[nH]c2sc4ccccc4c23)c2c(c1)-n1c3c(cccc3c3oc4ccccc4c31)B2. The van der Waals surface area contributed by atoms with Crippen molar-refractivity contribution < 1.29 is 4.42 Å².